The van der Waals surface area contributed by atoms with E-state index in [4.69, 9.17) is 9.47 Å². The first-order valence-electron chi connectivity index (χ1n) is 6.50. The molecule has 2 aliphatic rings. The highest BCUT2D eigenvalue weighted by atomic mass is 16.5. The summed E-state index contributed by atoms with van der Waals surface area (Å²) in [5, 5.41) is 0. The third kappa shape index (κ3) is 3.81. The van der Waals surface area contributed by atoms with Crippen LogP contribution in [-0.2, 0) is 19.0 Å². The quantitative estimate of drug-likeness (QED) is 0.646. The molecule has 0 spiro atoms. The van der Waals surface area contributed by atoms with Gasteiger partial charge in [0.1, 0.15) is 0 Å². The Morgan fingerprint density at radius 1 is 1.16 bits per heavy atom. The molecule has 2 rings (SSSR count). The van der Waals surface area contributed by atoms with Crippen molar-refractivity contribution in [3.63, 3.8) is 0 Å². The molecule has 108 valence electrons. The predicted octanol–water partition coefficient (Wildman–Crippen LogP) is -0.297. The monoisotopic (exact) mass is 272 g/mol. The molecule has 7 heteroatoms. The Bertz CT molecular complexity index is 330. The van der Waals surface area contributed by atoms with E-state index in [0.717, 1.165) is 0 Å². The number of hydrogen-bond donors (Lipinski definition) is 0. The molecule has 0 radical (unpaired) electrons. The van der Waals surface area contributed by atoms with Crippen LogP contribution in [0.1, 0.15) is 6.42 Å². The van der Waals surface area contributed by atoms with Crippen LogP contribution in [0.2, 0.25) is 0 Å². The van der Waals surface area contributed by atoms with Crippen molar-refractivity contribution in [1.29, 1.82) is 0 Å². The molecule has 2 fully saturated rings. The zero-order chi connectivity index (χ0) is 13.7. The normalized spacial score (nSPS) is 24.2. The summed E-state index contributed by atoms with van der Waals surface area (Å²) in [6.45, 7) is 3.87. The van der Waals surface area contributed by atoms with Crippen LogP contribution in [0.3, 0.4) is 0 Å². The van der Waals surface area contributed by atoms with Crippen LogP contribution in [0.4, 0.5) is 4.79 Å². The second kappa shape index (κ2) is 6.72. The summed E-state index contributed by atoms with van der Waals surface area (Å²) in [6.07, 6.45) is -0.0881. The first-order chi connectivity index (χ1) is 9.20. The Balaban J connectivity index is 1.85. The fourth-order valence-electron chi connectivity index (χ4n) is 2.24. The van der Waals surface area contributed by atoms with Crippen molar-refractivity contribution in [3.05, 3.63) is 0 Å². The Morgan fingerprint density at radius 2 is 1.84 bits per heavy atom. The zero-order valence-electron chi connectivity index (χ0n) is 11.2. The summed E-state index contributed by atoms with van der Waals surface area (Å²) in [5.74, 6) is -0.314. The van der Waals surface area contributed by atoms with Gasteiger partial charge in [-0.3, -0.25) is 4.79 Å². The van der Waals surface area contributed by atoms with E-state index in [1.165, 1.54) is 7.11 Å². The zero-order valence-corrected chi connectivity index (χ0v) is 11.2. The number of methoxy groups -OCH3 is 1. The summed E-state index contributed by atoms with van der Waals surface area (Å²) in [7, 11) is 1.35. The minimum absolute atomic E-state index is 0.00136. The van der Waals surface area contributed by atoms with Crippen molar-refractivity contribution in [2.45, 2.75) is 12.5 Å². The van der Waals surface area contributed by atoms with Gasteiger partial charge in [-0.15, -0.1) is 0 Å². The molecule has 1 unspecified atom stereocenters. The molecule has 2 amide bonds. The molecule has 2 saturated heterocycles. The van der Waals surface area contributed by atoms with E-state index in [-0.39, 0.29) is 24.5 Å². The second-order valence-electron chi connectivity index (χ2n) is 4.60. The minimum Gasteiger partial charge on any atom is -0.469 e. The Morgan fingerprint density at radius 3 is 2.53 bits per heavy atom. The largest absolute Gasteiger partial charge is 0.469 e. The molecule has 0 aliphatic carbocycles. The standard InChI is InChI=1S/C12H20N2O5/c1-17-11(15)8-10-9-14(4-7-19-10)12(16)13-2-5-18-6-3-13/h10H,2-9H2,1H3. The molecule has 0 N–H and O–H groups in total. The highest BCUT2D eigenvalue weighted by Crippen LogP contribution is 2.12. The van der Waals surface area contributed by atoms with Crippen molar-refractivity contribution in [3.8, 4) is 0 Å². The van der Waals surface area contributed by atoms with Crippen molar-refractivity contribution < 1.29 is 23.8 Å². The molecular formula is C12H20N2O5. The van der Waals surface area contributed by atoms with Gasteiger partial charge in [-0.05, 0) is 0 Å². The molecule has 0 aromatic heterocycles. The fraction of sp³-hybridized carbons (Fsp3) is 0.833. The van der Waals surface area contributed by atoms with Crippen LogP contribution in [-0.4, -0.2) is 81.0 Å². The Hall–Kier alpha value is -1.34. The maximum atomic E-state index is 12.3. The first kappa shape index (κ1) is 14.1. The van der Waals surface area contributed by atoms with Crippen molar-refractivity contribution in [1.82, 2.24) is 9.80 Å². The average Bonchev–Trinajstić information content (AvgIpc) is 2.47. The summed E-state index contributed by atoms with van der Waals surface area (Å²) < 4.78 is 15.3. The van der Waals surface area contributed by atoms with Crippen molar-refractivity contribution >= 4 is 12.0 Å². The molecule has 19 heavy (non-hydrogen) atoms. The third-order valence-electron chi connectivity index (χ3n) is 3.31. The second-order valence-corrected chi connectivity index (χ2v) is 4.60. The lowest BCUT2D eigenvalue weighted by atomic mass is 10.2. The van der Waals surface area contributed by atoms with Crippen LogP contribution in [0.15, 0.2) is 0 Å². The topological polar surface area (TPSA) is 68.3 Å². The van der Waals surface area contributed by atoms with Gasteiger partial charge in [0.2, 0.25) is 0 Å². The molecule has 0 bridgehead atoms. The lowest BCUT2D eigenvalue weighted by Crippen LogP contribution is -2.53. The number of carbonyl (C=O) groups is 2. The van der Waals surface area contributed by atoms with Crippen LogP contribution < -0.4 is 0 Å². The first-order valence-corrected chi connectivity index (χ1v) is 6.50. The van der Waals surface area contributed by atoms with Gasteiger partial charge in [0.05, 0.1) is 39.5 Å². The third-order valence-corrected chi connectivity index (χ3v) is 3.31. The number of rotatable bonds is 2. The minimum atomic E-state index is -0.314. The van der Waals surface area contributed by atoms with Crippen LogP contribution in [0.5, 0.6) is 0 Å². The number of hydrogen-bond acceptors (Lipinski definition) is 5. The number of carbonyl (C=O) groups excluding carboxylic acids is 2. The van der Waals surface area contributed by atoms with Gasteiger partial charge in [-0.25, -0.2) is 4.79 Å². The highest BCUT2D eigenvalue weighted by Gasteiger charge is 2.29. The molecule has 1 atom stereocenters. The van der Waals surface area contributed by atoms with E-state index in [0.29, 0.717) is 46.0 Å². The van der Waals surface area contributed by atoms with Gasteiger partial charge in [0.15, 0.2) is 0 Å². The lowest BCUT2D eigenvalue weighted by Gasteiger charge is -2.37. The smallest absolute Gasteiger partial charge is 0.320 e. The van der Waals surface area contributed by atoms with Gasteiger partial charge in [-0.2, -0.15) is 0 Å². The van der Waals surface area contributed by atoms with Gasteiger partial charge in [0, 0.05) is 26.2 Å². The molecule has 7 nitrogen and oxygen atoms in total. The summed E-state index contributed by atoms with van der Waals surface area (Å²) in [4.78, 5) is 27.0. The SMILES string of the molecule is COC(=O)CC1CN(C(=O)N2CCOCC2)CCO1. The number of morpholine rings is 2. The van der Waals surface area contributed by atoms with E-state index in [1.54, 1.807) is 9.80 Å². The van der Waals surface area contributed by atoms with Gasteiger partial charge in [0.25, 0.3) is 0 Å². The Labute approximate surface area is 112 Å². The predicted molar refractivity (Wildman–Crippen MR) is 65.7 cm³/mol. The molecule has 0 aromatic carbocycles. The number of urea groups is 1. The maximum Gasteiger partial charge on any atom is 0.320 e. The van der Waals surface area contributed by atoms with E-state index in [9.17, 15) is 9.59 Å². The Kier molecular flexibility index (Phi) is 4.98. The summed E-state index contributed by atoms with van der Waals surface area (Å²) in [5.41, 5.74) is 0. The van der Waals surface area contributed by atoms with Crippen molar-refractivity contribution in [2.75, 3.05) is 53.1 Å². The summed E-state index contributed by atoms with van der Waals surface area (Å²) >= 11 is 0. The van der Waals surface area contributed by atoms with E-state index < -0.39 is 0 Å². The van der Waals surface area contributed by atoms with E-state index in [1.807, 2.05) is 0 Å². The highest BCUT2D eigenvalue weighted by molar-refractivity contribution is 5.75. The molecular weight excluding hydrogens is 252 g/mol. The average molecular weight is 272 g/mol. The lowest BCUT2D eigenvalue weighted by molar-refractivity contribution is -0.145. The van der Waals surface area contributed by atoms with Crippen LogP contribution >= 0.6 is 0 Å². The van der Waals surface area contributed by atoms with Gasteiger partial charge < -0.3 is 24.0 Å². The molecule has 0 aromatic rings. The van der Waals surface area contributed by atoms with E-state index >= 15 is 0 Å². The van der Waals surface area contributed by atoms with Gasteiger partial charge >= 0.3 is 12.0 Å². The van der Waals surface area contributed by atoms with Crippen molar-refractivity contribution in [2.24, 2.45) is 0 Å². The van der Waals surface area contributed by atoms with E-state index in [2.05, 4.69) is 4.74 Å². The number of amides is 2. The number of esters is 1. The number of nitrogens with zero attached hydrogens (tertiary/aromatic N) is 2. The molecule has 2 aliphatic heterocycles. The number of ether oxygens (including phenoxy) is 3. The van der Waals surface area contributed by atoms with Crippen LogP contribution in [0, 0.1) is 0 Å². The molecule has 2 heterocycles. The van der Waals surface area contributed by atoms with Crippen LogP contribution in [0.25, 0.3) is 0 Å². The van der Waals surface area contributed by atoms with Gasteiger partial charge in [-0.1, -0.05) is 0 Å². The fourth-order valence-corrected chi connectivity index (χ4v) is 2.24. The maximum absolute atomic E-state index is 12.3. The molecule has 0 saturated carbocycles. The summed E-state index contributed by atoms with van der Waals surface area (Å²) in [6, 6.07) is 0.00136.